The number of aromatic nitrogens is 1. The highest BCUT2D eigenvalue weighted by molar-refractivity contribution is 5.91. The highest BCUT2D eigenvalue weighted by atomic mass is 16.5. The summed E-state index contributed by atoms with van der Waals surface area (Å²) in [7, 11) is 0. The number of piperazine rings is 1. The van der Waals surface area contributed by atoms with Crippen LogP contribution in [0.15, 0.2) is 34.9 Å². The number of likely N-dealkylation sites (tertiary alicyclic amines) is 1. The third-order valence-electron chi connectivity index (χ3n) is 5.77. The summed E-state index contributed by atoms with van der Waals surface area (Å²) in [6.45, 7) is 7.74. The van der Waals surface area contributed by atoms with Crippen LogP contribution in [-0.2, 0) is 9.59 Å². The second-order valence-corrected chi connectivity index (χ2v) is 8.13. The molecule has 30 heavy (non-hydrogen) atoms. The zero-order valence-corrected chi connectivity index (χ0v) is 17.5. The van der Waals surface area contributed by atoms with Crippen molar-refractivity contribution < 1.29 is 14.1 Å². The van der Waals surface area contributed by atoms with Gasteiger partial charge in [0.2, 0.25) is 17.7 Å². The Hall–Kier alpha value is -2.71. The molecule has 2 aliphatic rings. The largest absolute Gasteiger partial charge is 0.342 e. The quantitative estimate of drug-likeness (QED) is 0.781. The Labute approximate surface area is 176 Å². The molecule has 0 unspecified atom stereocenters. The predicted molar refractivity (Wildman–Crippen MR) is 114 cm³/mol. The Balaban J connectivity index is 1.21. The molecule has 8 heteroatoms. The summed E-state index contributed by atoms with van der Waals surface area (Å²) in [5.74, 6) is 0.460. The third-order valence-corrected chi connectivity index (χ3v) is 5.77. The molecule has 0 aliphatic carbocycles. The van der Waals surface area contributed by atoms with Crippen molar-refractivity contribution in [3.8, 4) is 11.3 Å². The second kappa shape index (κ2) is 9.40. The Morgan fingerprint density at radius 2 is 1.60 bits per heavy atom. The topological polar surface area (TPSA) is 81.9 Å². The lowest BCUT2D eigenvalue weighted by molar-refractivity contribution is -0.132. The van der Waals surface area contributed by atoms with Gasteiger partial charge in [-0.1, -0.05) is 35.0 Å². The molecule has 0 atom stereocenters. The number of hydrogen-bond donors (Lipinski definition) is 1. The van der Waals surface area contributed by atoms with Crippen molar-refractivity contribution in [1.29, 1.82) is 0 Å². The van der Waals surface area contributed by atoms with Gasteiger partial charge in [-0.15, -0.1) is 0 Å². The smallest absolute Gasteiger partial charge is 0.240 e. The number of rotatable bonds is 6. The summed E-state index contributed by atoms with van der Waals surface area (Å²) >= 11 is 0. The zero-order chi connectivity index (χ0) is 20.9. The lowest BCUT2D eigenvalue weighted by Gasteiger charge is -2.34. The van der Waals surface area contributed by atoms with Gasteiger partial charge in [-0.25, -0.2) is 0 Å². The summed E-state index contributed by atoms with van der Waals surface area (Å²) in [4.78, 5) is 30.9. The Morgan fingerprint density at radius 1 is 0.967 bits per heavy atom. The summed E-state index contributed by atoms with van der Waals surface area (Å²) in [5, 5.41) is 6.83. The van der Waals surface area contributed by atoms with E-state index in [1.807, 2.05) is 36.1 Å². The molecule has 160 valence electrons. The highest BCUT2D eigenvalue weighted by Gasteiger charge is 2.24. The van der Waals surface area contributed by atoms with Crippen LogP contribution >= 0.6 is 0 Å². The maximum absolute atomic E-state index is 12.4. The van der Waals surface area contributed by atoms with Gasteiger partial charge in [0.15, 0.2) is 0 Å². The van der Waals surface area contributed by atoms with Crippen molar-refractivity contribution in [1.82, 2.24) is 19.9 Å². The molecule has 8 nitrogen and oxygen atoms in total. The molecule has 2 aromatic rings. The van der Waals surface area contributed by atoms with Crippen LogP contribution in [0.2, 0.25) is 0 Å². The molecular weight excluding hydrogens is 382 g/mol. The van der Waals surface area contributed by atoms with E-state index in [1.165, 1.54) is 5.56 Å². The molecule has 1 N–H and O–H groups in total. The summed E-state index contributed by atoms with van der Waals surface area (Å²) < 4.78 is 5.27. The van der Waals surface area contributed by atoms with Gasteiger partial charge in [0, 0.05) is 50.9 Å². The highest BCUT2D eigenvalue weighted by Crippen LogP contribution is 2.22. The summed E-state index contributed by atoms with van der Waals surface area (Å²) in [6, 6.07) is 9.73. The van der Waals surface area contributed by atoms with Crippen LogP contribution < -0.4 is 5.32 Å². The minimum Gasteiger partial charge on any atom is -0.342 e. The average molecular weight is 412 g/mol. The Kier molecular flexibility index (Phi) is 6.44. The number of benzene rings is 1. The first-order chi connectivity index (χ1) is 14.6. The van der Waals surface area contributed by atoms with E-state index in [4.69, 9.17) is 4.52 Å². The van der Waals surface area contributed by atoms with Gasteiger partial charge in [-0.05, 0) is 19.8 Å². The molecule has 3 heterocycles. The first kappa shape index (κ1) is 20.6. The lowest BCUT2D eigenvalue weighted by Crippen LogP contribution is -2.51. The second-order valence-electron chi connectivity index (χ2n) is 8.13. The minimum atomic E-state index is -0.122. The van der Waals surface area contributed by atoms with Gasteiger partial charge in [-0.3, -0.25) is 24.7 Å². The van der Waals surface area contributed by atoms with E-state index in [-0.39, 0.29) is 11.8 Å². The average Bonchev–Trinajstić information content (AvgIpc) is 3.42. The molecule has 2 fully saturated rings. The minimum absolute atomic E-state index is 0.122. The van der Waals surface area contributed by atoms with Crippen molar-refractivity contribution in [2.45, 2.75) is 19.8 Å². The van der Waals surface area contributed by atoms with E-state index < -0.39 is 0 Å². The Bertz CT molecular complexity index is 865. The molecule has 2 aliphatic heterocycles. The molecule has 4 rings (SSSR count). The monoisotopic (exact) mass is 411 g/mol. The molecule has 0 saturated carbocycles. The maximum Gasteiger partial charge on any atom is 0.240 e. The molecule has 0 spiro atoms. The Morgan fingerprint density at radius 3 is 2.27 bits per heavy atom. The van der Waals surface area contributed by atoms with Crippen LogP contribution in [0.25, 0.3) is 11.3 Å². The number of carbonyl (C=O) groups excluding carboxylic acids is 2. The van der Waals surface area contributed by atoms with E-state index in [9.17, 15) is 9.59 Å². The molecular formula is C22H29N5O3. The molecule has 0 radical (unpaired) electrons. The number of carbonyl (C=O) groups is 2. The van der Waals surface area contributed by atoms with E-state index in [1.54, 1.807) is 6.07 Å². The van der Waals surface area contributed by atoms with Gasteiger partial charge < -0.3 is 9.42 Å². The van der Waals surface area contributed by atoms with E-state index in [0.29, 0.717) is 24.7 Å². The van der Waals surface area contributed by atoms with Crippen LogP contribution in [0.1, 0.15) is 18.4 Å². The fourth-order valence-corrected chi connectivity index (χ4v) is 3.94. The van der Waals surface area contributed by atoms with Gasteiger partial charge in [0.1, 0.15) is 5.69 Å². The van der Waals surface area contributed by atoms with E-state index in [2.05, 4.69) is 20.3 Å². The predicted octanol–water partition coefficient (Wildman–Crippen LogP) is 1.83. The molecule has 2 saturated heterocycles. The van der Waals surface area contributed by atoms with Gasteiger partial charge >= 0.3 is 0 Å². The van der Waals surface area contributed by atoms with Crippen molar-refractivity contribution >= 4 is 17.7 Å². The van der Waals surface area contributed by atoms with Crippen LogP contribution in [-0.4, -0.2) is 84.0 Å². The number of nitrogens with zero attached hydrogens (tertiary/aromatic N) is 4. The lowest BCUT2D eigenvalue weighted by atomic mass is 10.1. The van der Waals surface area contributed by atoms with Crippen molar-refractivity contribution in [2.24, 2.45) is 0 Å². The maximum atomic E-state index is 12.4. The summed E-state index contributed by atoms with van der Waals surface area (Å²) in [6.07, 6.45) is 2.23. The summed E-state index contributed by atoms with van der Waals surface area (Å²) in [5.41, 5.74) is 2.82. The molecule has 1 aromatic heterocycles. The van der Waals surface area contributed by atoms with Gasteiger partial charge in [0.25, 0.3) is 0 Å². The number of amides is 2. The van der Waals surface area contributed by atoms with E-state index in [0.717, 1.165) is 57.7 Å². The van der Waals surface area contributed by atoms with E-state index >= 15 is 0 Å². The first-order valence-corrected chi connectivity index (χ1v) is 10.6. The van der Waals surface area contributed by atoms with Crippen molar-refractivity contribution in [2.75, 3.05) is 57.7 Å². The third kappa shape index (κ3) is 5.25. The molecule has 2 amide bonds. The standard InChI is InChI=1S/C22H29N5O3/c1-17-4-6-18(7-5-17)19-14-21(30-24-19)23-20(28)15-25-10-12-26(13-11-25)16-22(29)27-8-2-3-9-27/h4-7,14H,2-3,8-13,15-16H2,1H3,(H,23,28). The van der Waals surface area contributed by atoms with Crippen LogP contribution in [0.4, 0.5) is 5.88 Å². The SMILES string of the molecule is Cc1ccc(-c2cc(NC(=O)CN3CCN(CC(=O)N4CCCC4)CC3)on2)cc1. The zero-order valence-electron chi connectivity index (χ0n) is 17.5. The molecule has 0 bridgehead atoms. The fourth-order valence-electron chi connectivity index (χ4n) is 3.94. The van der Waals surface area contributed by atoms with Gasteiger partial charge in [0.05, 0.1) is 13.1 Å². The van der Waals surface area contributed by atoms with Crippen LogP contribution in [0.5, 0.6) is 0 Å². The number of hydrogen-bond acceptors (Lipinski definition) is 6. The van der Waals surface area contributed by atoms with Crippen LogP contribution in [0, 0.1) is 6.92 Å². The normalized spacial score (nSPS) is 18.0. The van der Waals surface area contributed by atoms with Gasteiger partial charge in [-0.2, -0.15) is 0 Å². The van der Waals surface area contributed by atoms with Crippen LogP contribution in [0.3, 0.4) is 0 Å². The van der Waals surface area contributed by atoms with Crippen molar-refractivity contribution in [3.05, 3.63) is 35.9 Å². The molecule has 1 aromatic carbocycles. The number of nitrogens with one attached hydrogen (secondary N) is 1. The van der Waals surface area contributed by atoms with Crippen molar-refractivity contribution in [3.63, 3.8) is 0 Å². The number of aryl methyl sites for hydroxylation is 1. The first-order valence-electron chi connectivity index (χ1n) is 10.6. The number of anilines is 1. The fraction of sp³-hybridized carbons (Fsp3) is 0.500.